The van der Waals surface area contributed by atoms with E-state index in [0.717, 1.165) is 60.4 Å². The zero-order chi connectivity index (χ0) is 22.9. The highest BCUT2D eigenvalue weighted by atomic mass is 32.1. The standard InChI is InChI=1S/C26H32N4O2S/c1-16-9-11-19(12-10-16)27-24(31)18-7-5-13-30(14-18)26-28-22-21(15-33-23(22)25(32)29-26)20-8-4-3-6-17(20)2/h3-4,6,8,15-16,18-19H,5,7,9-14H2,1-2H3,(H,27,31)(H,28,29,32)/t16?,18-,19?/m1/s1. The first-order chi connectivity index (χ1) is 16.0. The molecule has 3 aromatic rings. The lowest BCUT2D eigenvalue weighted by atomic mass is 9.87. The van der Waals surface area contributed by atoms with Crippen LogP contribution in [0.4, 0.5) is 5.95 Å². The van der Waals surface area contributed by atoms with Crippen LogP contribution in [0.25, 0.3) is 21.3 Å². The summed E-state index contributed by atoms with van der Waals surface area (Å²) < 4.78 is 0.648. The molecule has 2 N–H and O–H groups in total. The van der Waals surface area contributed by atoms with Gasteiger partial charge in [0.1, 0.15) is 4.70 Å². The molecule has 174 valence electrons. The van der Waals surface area contributed by atoms with Crippen molar-refractivity contribution in [2.45, 2.75) is 58.4 Å². The van der Waals surface area contributed by atoms with Gasteiger partial charge in [0.05, 0.1) is 11.4 Å². The molecule has 1 aromatic carbocycles. The van der Waals surface area contributed by atoms with Gasteiger partial charge in [0, 0.05) is 30.1 Å². The van der Waals surface area contributed by atoms with Crippen molar-refractivity contribution in [3.8, 4) is 11.1 Å². The van der Waals surface area contributed by atoms with Gasteiger partial charge in [-0.3, -0.25) is 14.6 Å². The molecule has 0 bridgehead atoms. The fraction of sp³-hybridized carbons (Fsp3) is 0.500. The Labute approximate surface area is 198 Å². The summed E-state index contributed by atoms with van der Waals surface area (Å²) in [6, 6.07) is 8.49. The highest BCUT2D eigenvalue weighted by Gasteiger charge is 2.30. The van der Waals surface area contributed by atoms with E-state index in [1.54, 1.807) is 0 Å². The molecule has 2 fully saturated rings. The second-order valence-corrected chi connectivity index (χ2v) is 10.7. The van der Waals surface area contributed by atoms with Crippen LogP contribution in [0.5, 0.6) is 0 Å². The lowest BCUT2D eigenvalue weighted by molar-refractivity contribution is -0.126. The second-order valence-electron chi connectivity index (χ2n) is 9.78. The fourth-order valence-corrected chi connectivity index (χ4v) is 6.14. The summed E-state index contributed by atoms with van der Waals surface area (Å²) in [6.07, 6.45) is 6.33. The quantitative estimate of drug-likeness (QED) is 0.577. The molecule has 6 nitrogen and oxygen atoms in total. The van der Waals surface area contributed by atoms with Gasteiger partial charge >= 0.3 is 0 Å². The van der Waals surface area contributed by atoms with Crippen molar-refractivity contribution in [3.05, 3.63) is 45.6 Å². The van der Waals surface area contributed by atoms with E-state index in [9.17, 15) is 9.59 Å². The Kier molecular flexibility index (Phi) is 6.23. The van der Waals surface area contributed by atoms with Crippen LogP contribution >= 0.6 is 11.3 Å². The number of anilines is 1. The van der Waals surface area contributed by atoms with Crippen LogP contribution in [-0.4, -0.2) is 35.0 Å². The molecular weight excluding hydrogens is 432 g/mol. The molecule has 5 rings (SSSR count). The number of aromatic nitrogens is 2. The normalized spacial score (nSPS) is 23.6. The van der Waals surface area contributed by atoms with Gasteiger partial charge in [-0.15, -0.1) is 11.3 Å². The van der Waals surface area contributed by atoms with Gasteiger partial charge in [-0.05, 0) is 62.5 Å². The number of amides is 1. The topological polar surface area (TPSA) is 78.1 Å². The lowest BCUT2D eigenvalue weighted by Crippen LogP contribution is -2.47. The van der Waals surface area contributed by atoms with Crippen molar-refractivity contribution in [1.29, 1.82) is 0 Å². The molecule has 1 amide bonds. The number of fused-ring (bicyclic) bond motifs is 1. The number of hydrogen-bond acceptors (Lipinski definition) is 5. The lowest BCUT2D eigenvalue weighted by Gasteiger charge is -2.34. The molecule has 1 saturated heterocycles. The predicted octanol–water partition coefficient (Wildman–Crippen LogP) is 4.87. The number of piperidine rings is 1. The van der Waals surface area contributed by atoms with Crippen LogP contribution in [-0.2, 0) is 4.79 Å². The van der Waals surface area contributed by atoms with Crippen LogP contribution in [0.3, 0.4) is 0 Å². The first-order valence-electron chi connectivity index (χ1n) is 12.1. The number of nitrogens with zero attached hydrogens (tertiary/aromatic N) is 2. The number of carbonyl (C=O) groups excluding carboxylic acids is 1. The first-order valence-corrected chi connectivity index (χ1v) is 13.0. The van der Waals surface area contributed by atoms with Gasteiger partial charge in [-0.2, -0.15) is 0 Å². The number of rotatable bonds is 4. The number of carbonyl (C=O) groups is 1. The highest BCUT2D eigenvalue weighted by molar-refractivity contribution is 7.17. The van der Waals surface area contributed by atoms with Crippen LogP contribution in [0.1, 0.15) is 51.0 Å². The predicted molar refractivity (Wildman–Crippen MR) is 135 cm³/mol. The number of aromatic amines is 1. The number of benzene rings is 1. The summed E-state index contributed by atoms with van der Waals surface area (Å²) in [6.45, 7) is 5.75. The second kappa shape index (κ2) is 9.29. The van der Waals surface area contributed by atoms with E-state index in [-0.39, 0.29) is 17.4 Å². The van der Waals surface area contributed by atoms with Crippen LogP contribution in [0.15, 0.2) is 34.4 Å². The number of thiophene rings is 1. The molecule has 7 heteroatoms. The van der Waals surface area contributed by atoms with E-state index in [1.165, 1.54) is 24.2 Å². The molecule has 2 aromatic heterocycles. The minimum Gasteiger partial charge on any atom is -0.353 e. The molecule has 1 atom stereocenters. The Morgan fingerprint density at radius 1 is 1.15 bits per heavy atom. The van der Waals surface area contributed by atoms with Crippen LogP contribution in [0.2, 0.25) is 0 Å². The SMILES string of the molecule is Cc1ccccc1-c1csc2c(=O)[nH]c(N3CCC[C@@H](C(=O)NC4CCC(C)CC4)C3)nc12. The van der Waals surface area contributed by atoms with Crippen molar-refractivity contribution < 1.29 is 4.79 Å². The average Bonchev–Trinajstić information content (AvgIpc) is 3.25. The van der Waals surface area contributed by atoms with E-state index < -0.39 is 0 Å². The molecule has 1 saturated carbocycles. The average molecular weight is 465 g/mol. The summed E-state index contributed by atoms with van der Waals surface area (Å²) in [5.74, 6) is 1.42. The monoisotopic (exact) mass is 464 g/mol. The summed E-state index contributed by atoms with van der Waals surface area (Å²) >= 11 is 1.44. The summed E-state index contributed by atoms with van der Waals surface area (Å²) in [7, 11) is 0. The van der Waals surface area contributed by atoms with E-state index in [1.807, 2.05) is 17.5 Å². The Hall–Kier alpha value is -2.67. The number of aryl methyl sites for hydroxylation is 1. The minimum atomic E-state index is -0.109. The minimum absolute atomic E-state index is 0.0718. The Balaban J connectivity index is 1.37. The molecule has 2 aliphatic rings. The molecule has 0 spiro atoms. The molecule has 33 heavy (non-hydrogen) atoms. The van der Waals surface area contributed by atoms with Crippen molar-refractivity contribution in [2.75, 3.05) is 18.0 Å². The Morgan fingerprint density at radius 2 is 1.94 bits per heavy atom. The summed E-state index contributed by atoms with van der Waals surface area (Å²) in [5, 5.41) is 5.32. The summed E-state index contributed by atoms with van der Waals surface area (Å²) in [4.78, 5) is 35.9. The number of H-pyrrole nitrogens is 1. The fourth-order valence-electron chi connectivity index (χ4n) is 5.24. The number of nitrogens with one attached hydrogen (secondary N) is 2. The number of hydrogen-bond donors (Lipinski definition) is 2. The van der Waals surface area contributed by atoms with Gasteiger partial charge in [-0.1, -0.05) is 31.2 Å². The molecule has 1 aliphatic carbocycles. The third-order valence-electron chi connectivity index (χ3n) is 7.30. The van der Waals surface area contributed by atoms with Crippen molar-refractivity contribution >= 4 is 33.4 Å². The van der Waals surface area contributed by atoms with Gasteiger partial charge < -0.3 is 10.2 Å². The van der Waals surface area contributed by atoms with Crippen molar-refractivity contribution in [1.82, 2.24) is 15.3 Å². The van der Waals surface area contributed by atoms with Crippen molar-refractivity contribution in [3.63, 3.8) is 0 Å². The first kappa shape index (κ1) is 22.1. The van der Waals surface area contributed by atoms with Crippen LogP contribution in [0, 0.1) is 18.8 Å². The molecule has 1 aliphatic heterocycles. The zero-order valence-corrected chi connectivity index (χ0v) is 20.2. The van der Waals surface area contributed by atoms with Crippen molar-refractivity contribution in [2.24, 2.45) is 11.8 Å². The van der Waals surface area contributed by atoms with E-state index >= 15 is 0 Å². The maximum Gasteiger partial charge on any atom is 0.270 e. The zero-order valence-electron chi connectivity index (χ0n) is 19.4. The Morgan fingerprint density at radius 3 is 2.73 bits per heavy atom. The van der Waals surface area contributed by atoms with Crippen LogP contribution < -0.4 is 15.8 Å². The van der Waals surface area contributed by atoms with Gasteiger partial charge in [0.25, 0.3) is 5.56 Å². The maximum absolute atomic E-state index is 13.0. The third kappa shape index (κ3) is 4.56. The molecule has 3 heterocycles. The van der Waals surface area contributed by atoms with Gasteiger partial charge in [0.2, 0.25) is 11.9 Å². The van der Waals surface area contributed by atoms with E-state index in [4.69, 9.17) is 4.98 Å². The smallest absolute Gasteiger partial charge is 0.270 e. The maximum atomic E-state index is 13.0. The molecule has 0 radical (unpaired) electrons. The Bertz CT molecular complexity index is 1210. The largest absolute Gasteiger partial charge is 0.353 e. The summed E-state index contributed by atoms with van der Waals surface area (Å²) in [5.41, 5.74) is 3.90. The van der Waals surface area contributed by atoms with E-state index in [2.05, 4.69) is 41.2 Å². The van der Waals surface area contributed by atoms with Gasteiger partial charge in [0.15, 0.2) is 0 Å². The molecular formula is C26H32N4O2S. The van der Waals surface area contributed by atoms with Gasteiger partial charge in [-0.25, -0.2) is 4.98 Å². The molecule has 0 unspecified atom stereocenters. The highest BCUT2D eigenvalue weighted by Crippen LogP contribution is 2.34. The third-order valence-corrected chi connectivity index (χ3v) is 8.27. The van der Waals surface area contributed by atoms with E-state index in [0.29, 0.717) is 23.2 Å².